The van der Waals surface area contributed by atoms with Crippen LogP contribution in [0.3, 0.4) is 0 Å². The first-order chi connectivity index (χ1) is 16.1. The Balaban J connectivity index is 1.51. The van der Waals surface area contributed by atoms with Gasteiger partial charge in [-0.05, 0) is 34.5 Å². The largest absolute Gasteiger partial charge is 0.372 e. The van der Waals surface area contributed by atoms with E-state index in [4.69, 9.17) is 14.2 Å². The molecule has 188 valence electrons. The predicted molar refractivity (Wildman–Crippen MR) is 135 cm³/mol. The molecule has 1 aromatic carbocycles. The molecule has 0 saturated carbocycles. The van der Waals surface area contributed by atoms with Crippen LogP contribution in [-0.2, 0) is 29.8 Å². The molecule has 0 aromatic heterocycles. The van der Waals surface area contributed by atoms with Crippen LogP contribution < -0.4 is 0 Å². The summed E-state index contributed by atoms with van der Waals surface area (Å²) in [5.41, 5.74) is 4.31. The zero-order valence-corrected chi connectivity index (χ0v) is 22.2. The Morgan fingerprint density at radius 2 is 1.71 bits per heavy atom. The van der Waals surface area contributed by atoms with Crippen LogP contribution in [0.2, 0.25) is 0 Å². The van der Waals surface area contributed by atoms with E-state index in [-0.39, 0.29) is 36.2 Å². The molecule has 0 radical (unpaired) electrons. The van der Waals surface area contributed by atoms with Crippen molar-refractivity contribution in [3.05, 3.63) is 58.7 Å². The second kappa shape index (κ2) is 9.88. The first-order valence-electron chi connectivity index (χ1n) is 12.7. The highest BCUT2D eigenvalue weighted by Gasteiger charge is 2.49. The van der Waals surface area contributed by atoms with Gasteiger partial charge in [-0.25, -0.2) is 8.42 Å². The number of ether oxygens (including phenoxy) is 3. The van der Waals surface area contributed by atoms with Gasteiger partial charge >= 0.3 is 0 Å². The number of hydrogen-bond donors (Lipinski definition) is 0. The molecule has 1 spiro atoms. The third-order valence-corrected chi connectivity index (χ3v) is 9.60. The van der Waals surface area contributed by atoms with E-state index in [1.807, 2.05) is 24.3 Å². The minimum atomic E-state index is -3.42. The summed E-state index contributed by atoms with van der Waals surface area (Å²) in [6.45, 7) is 14.1. The SMILES string of the molecule is CC(C)C1=CC(C(C)C)C(S(=O)(=O)CCOC2CC3(OCCO3)c3ccccc32)C(C(C)C)=C1. The van der Waals surface area contributed by atoms with Crippen molar-refractivity contribution in [1.82, 2.24) is 0 Å². The molecule has 34 heavy (non-hydrogen) atoms. The van der Waals surface area contributed by atoms with Crippen molar-refractivity contribution in [2.45, 2.75) is 65.1 Å². The van der Waals surface area contributed by atoms with Crippen molar-refractivity contribution in [3.8, 4) is 0 Å². The highest BCUT2D eigenvalue weighted by molar-refractivity contribution is 7.92. The standard InChI is InChI=1S/C28H40O5S/c1-18(2)21-15-23(19(3)4)27(24(16-21)20(5)6)34(29,30)14-13-31-26-17-28(32-11-12-33-28)25-10-8-7-9-22(25)26/h7-10,15-16,18-20,23,26-27H,11-14,17H2,1-6H3. The summed E-state index contributed by atoms with van der Waals surface area (Å²) in [5, 5.41) is -0.498. The lowest BCUT2D eigenvalue weighted by atomic mass is 9.77. The number of fused-ring (bicyclic) bond motifs is 2. The fourth-order valence-electron chi connectivity index (χ4n) is 5.60. The Hall–Kier alpha value is -1.47. The number of hydrogen-bond acceptors (Lipinski definition) is 5. The molecule has 1 aliphatic heterocycles. The fraction of sp³-hybridized carbons (Fsp3) is 0.643. The first-order valence-corrected chi connectivity index (χ1v) is 14.4. The zero-order valence-electron chi connectivity index (χ0n) is 21.4. The summed E-state index contributed by atoms with van der Waals surface area (Å²) in [4.78, 5) is 0. The molecule has 1 heterocycles. The van der Waals surface area contributed by atoms with Gasteiger partial charge in [-0.15, -0.1) is 0 Å². The molecule has 1 saturated heterocycles. The van der Waals surface area contributed by atoms with Crippen molar-refractivity contribution >= 4 is 9.84 Å². The van der Waals surface area contributed by atoms with Crippen molar-refractivity contribution in [3.63, 3.8) is 0 Å². The van der Waals surface area contributed by atoms with E-state index in [0.29, 0.717) is 25.6 Å². The maximum atomic E-state index is 13.8. The highest BCUT2D eigenvalue weighted by Crippen LogP contribution is 2.50. The van der Waals surface area contributed by atoms with E-state index < -0.39 is 20.9 Å². The smallest absolute Gasteiger partial charge is 0.198 e. The third kappa shape index (κ3) is 4.79. The van der Waals surface area contributed by atoms with Crippen molar-refractivity contribution in [2.24, 2.45) is 23.7 Å². The summed E-state index contributed by atoms with van der Waals surface area (Å²) < 4.78 is 45.7. The summed E-state index contributed by atoms with van der Waals surface area (Å²) in [6.07, 6.45) is 4.67. The van der Waals surface area contributed by atoms with E-state index in [1.165, 1.54) is 5.57 Å². The minimum Gasteiger partial charge on any atom is -0.372 e. The van der Waals surface area contributed by atoms with E-state index in [9.17, 15) is 8.42 Å². The van der Waals surface area contributed by atoms with Gasteiger partial charge in [0.15, 0.2) is 15.6 Å². The van der Waals surface area contributed by atoms with Crippen molar-refractivity contribution in [1.29, 1.82) is 0 Å². The lowest BCUT2D eigenvalue weighted by Gasteiger charge is -2.36. The average Bonchev–Trinajstić information content (AvgIpc) is 3.38. The van der Waals surface area contributed by atoms with Crippen LogP contribution in [0.1, 0.15) is 65.2 Å². The number of rotatable bonds is 8. The third-order valence-electron chi connectivity index (χ3n) is 7.50. The molecule has 2 aliphatic carbocycles. The number of benzene rings is 1. The van der Waals surface area contributed by atoms with Crippen LogP contribution in [0.25, 0.3) is 0 Å². The Morgan fingerprint density at radius 1 is 1.03 bits per heavy atom. The van der Waals surface area contributed by atoms with Crippen molar-refractivity contribution < 1.29 is 22.6 Å². The van der Waals surface area contributed by atoms with Gasteiger partial charge in [-0.1, -0.05) is 78.0 Å². The van der Waals surface area contributed by atoms with Gasteiger partial charge < -0.3 is 14.2 Å². The Bertz CT molecular complexity index is 1040. The van der Waals surface area contributed by atoms with Gasteiger partial charge in [0.25, 0.3) is 0 Å². The maximum Gasteiger partial charge on any atom is 0.198 e. The first kappa shape index (κ1) is 25.6. The van der Waals surface area contributed by atoms with Gasteiger partial charge in [-0.3, -0.25) is 0 Å². The minimum absolute atomic E-state index is 0.00315. The fourth-order valence-corrected chi connectivity index (χ4v) is 7.81. The lowest BCUT2D eigenvalue weighted by molar-refractivity contribution is -0.177. The molecular formula is C28H40O5S. The molecule has 0 amide bonds. The summed E-state index contributed by atoms with van der Waals surface area (Å²) >= 11 is 0. The van der Waals surface area contributed by atoms with Crippen LogP contribution in [0.4, 0.5) is 0 Å². The van der Waals surface area contributed by atoms with E-state index in [1.54, 1.807) is 0 Å². The summed E-state index contributed by atoms with van der Waals surface area (Å²) in [7, 11) is -3.42. The van der Waals surface area contributed by atoms with Crippen LogP contribution >= 0.6 is 0 Å². The van der Waals surface area contributed by atoms with Gasteiger partial charge in [-0.2, -0.15) is 0 Å². The van der Waals surface area contributed by atoms with E-state index >= 15 is 0 Å². The van der Waals surface area contributed by atoms with Crippen molar-refractivity contribution in [2.75, 3.05) is 25.6 Å². The molecule has 6 heteroatoms. The number of allylic oxidation sites excluding steroid dienone is 3. The van der Waals surface area contributed by atoms with E-state index in [2.05, 4.69) is 53.7 Å². The molecule has 3 unspecified atom stereocenters. The Kier molecular flexibility index (Phi) is 7.45. The average molecular weight is 489 g/mol. The molecule has 0 bridgehead atoms. The van der Waals surface area contributed by atoms with E-state index in [0.717, 1.165) is 16.7 Å². The molecule has 1 aromatic rings. The molecule has 0 N–H and O–H groups in total. The maximum absolute atomic E-state index is 13.8. The summed E-state index contributed by atoms with van der Waals surface area (Å²) in [5.74, 6) is -0.00355. The monoisotopic (exact) mass is 488 g/mol. The van der Waals surface area contributed by atoms with Crippen LogP contribution in [0.15, 0.2) is 47.6 Å². The van der Waals surface area contributed by atoms with Crippen LogP contribution in [-0.4, -0.2) is 39.2 Å². The van der Waals surface area contributed by atoms with Gasteiger partial charge in [0.05, 0.1) is 36.9 Å². The second-order valence-electron chi connectivity index (χ2n) is 10.8. The Morgan fingerprint density at radius 3 is 2.32 bits per heavy atom. The molecule has 1 fully saturated rings. The second-order valence-corrected chi connectivity index (χ2v) is 13.1. The molecule has 4 rings (SSSR count). The Labute approximate surface area is 205 Å². The molecule has 3 aliphatic rings. The quantitative estimate of drug-likeness (QED) is 0.478. The topological polar surface area (TPSA) is 61.8 Å². The van der Waals surface area contributed by atoms with Gasteiger partial charge in [0.2, 0.25) is 0 Å². The predicted octanol–water partition coefficient (Wildman–Crippen LogP) is 5.58. The molecule has 3 atom stereocenters. The number of sulfone groups is 1. The summed E-state index contributed by atoms with van der Waals surface area (Å²) in [6, 6.07) is 8.01. The van der Waals surface area contributed by atoms with Gasteiger partial charge in [0.1, 0.15) is 0 Å². The van der Waals surface area contributed by atoms with Crippen LogP contribution in [0, 0.1) is 23.7 Å². The highest BCUT2D eigenvalue weighted by atomic mass is 32.2. The van der Waals surface area contributed by atoms with Crippen LogP contribution in [0.5, 0.6) is 0 Å². The molecule has 5 nitrogen and oxygen atoms in total. The zero-order chi connectivity index (χ0) is 24.7. The lowest BCUT2D eigenvalue weighted by Crippen LogP contribution is -2.39. The molecular weight excluding hydrogens is 448 g/mol. The normalized spacial score (nSPS) is 26.4. The van der Waals surface area contributed by atoms with Gasteiger partial charge in [0, 0.05) is 17.9 Å².